The molecule has 1 aliphatic carbocycles. The van der Waals surface area contributed by atoms with Crippen LogP contribution >= 0.6 is 0 Å². The lowest BCUT2D eigenvalue weighted by Gasteiger charge is -2.39. The van der Waals surface area contributed by atoms with Gasteiger partial charge in [0, 0.05) is 19.6 Å². The number of hydrogen-bond acceptors (Lipinski definition) is 5. The maximum absolute atomic E-state index is 13.3. The molecule has 174 valence electrons. The molecule has 1 aromatic heterocycles. The van der Waals surface area contributed by atoms with Crippen LogP contribution in [-0.4, -0.2) is 46.7 Å². The molecule has 3 aliphatic rings. The molecule has 2 atom stereocenters. The number of carbonyl (C=O) groups excluding carboxylic acids is 2. The van der Waals surface area contributed by atoms with Crippen molar-refractivity contribution in [2.45, 2.75) is 57.5 Å². The van der Waals surface area contributed by atoms with Crippen LogP contribution in [-0.2, 0) is 22.6 Å². The van der Waals surface area contributed by atoms with Crippen molar-refractivity contribution >= 4 is 23.3 Å². The number of hydrogen-bond donors (Lipinski definition) is 2. The smallest absolute Gasteiger partial charge is 0.313 e. The molecular weight excluding hydrogens is 414 g/mol. The molecule has 7 nitrogen and oxygen atoms in total. The number of anilines is 2. The second-order valence-electron chi connectivity index (χ2n) is 10.1. The number of rotatable bonds is 3. The van der Waals surface area contributed by atoms with Gasteiger partial charge in [-0.05, 0) is 79.3 Å². The molecule has 0 spiro atoms. The highest BCUT2D eigenvalue weighted by molar-refractivity contribution is 6.39. The highest BCUT2D eigenvalue weighted by atomic mass is 16.2. The summed E-state index contributed by atoms with van der Waals surface area (Å²) < 4.78 is 0. The average Bonchev–Trinajstić information content (AvgIpc) is 3.65. The fourth-order valence-corrected chi connectivity index (χ4v) is 5.24. The molecule has 3 heterocycles. The molecule has 0 bridgehead atoms. The Hall–Kier alpha value is -2.93. The lowest BCUT2D eigenvalue weighted by Crippen LogP contribution is -2.46. The second kappa shape index (κ2) is 8.78. The Kier molecular flexibility index (Phi) is 5.83. The lowest BCUT2D eigenvalue weighted by atomic mass is 9.87. The zero-order valence-electron chi connectivity index (χ0n) is 19.5. The molecule has 7 heteroatoms. The Labute approximate surface area is 195 Å². The first kappa shape index (κ1) is 21.9. The minimum absolute atomic E-state index is 0.0732. The number of pyridine rings is 1. The van der Waals surface area contributed by atoms with Crippen molar-refractivity contribution < 1.29 is 9.59 Å². The number of nitrogen functional groups attached to an aromatic ring is 1. The maximum Gasteiger partial charge on any atom is 0.313 e. The van der Waals surface area contributed by atoms with Gasteiger partial charge in [0.05, 0.1) is 17.9 Å². The third-order valence-corrected chi connectivity index (χ3v) is 7.32. The van der Waals surface area contributed by atoms with E-state index in [1.165, 1.54) is 17.3 Å². The van der Waals surface area contributed by atoms with Crippen molar-refractivity contribution in [2.24, 2.45) is 5.92 Å². The first-order chi connectivity index (χ1) is 15.9. The highest BCUT2D eigenvalue weighted by Gasteiger charge is 2.35. The van der Waals surface area contributed by atoms with Gasteiger partial charge in [0.2, 0.25) is 0 Å². The number of fused-ring (bicyclic) bond motifs is 1. The fraction of sp³-hybridized carbons (Fsp3) is 0.500. The van der Waals surface area contributed by atoms with E-state index in [0.29, 0.717) is 29.9 Å². The predicted octanol–water partition coefficient (Wildman–Crippen LogP) is 3.47. The fourth-order valence-electron chi connectivity index (χ4n) is 5.24. The molecule has 2 fully saturated rings. The number of nitrogens with one attached hydrogen (secondary N) is 1. The van der Waals surface area contributed by atoms with Crippen LogP contribution in [0.15, 0.2) is 30.5 Å². The number of benzene rings is 1. The number of nitrogens with two attached hydrogens (primary N) is 1. The third-order valence-electron chi connectivity index (χ3n) is 7.32. The van der Waals surface area contributed by atoms with Gasteiger partial charge in [-0.2, -0.15) is 0 Å². The van der Waals surface area contributed by atoms with Crippen LogP contribution in [0.3, 0.4) is 0 Å². The topological polar surface area (TPSA) is 91.6 Å². The molecule has 0 radical (unpaired) electrons. The number of carbonyl (C=O) groups is 2. The second-order valence-corrected chi connectivity index (χ2v) is 10.1. The standard InChI is InChI=1S/C26H33N5O2/c1-16-3-8-23(19-6-7-20-15-30(2)10-9-18(20)11-19)31(14-16)26(33)25(32)29-21-12-22(17-4-5-17)24(27)28-13-21/h6-7,11-13,16-17,23H,3-5,8-10,14-15H2,1-2H3,(H2,27,28)(H,29,32)/t16-,23?/m0/s1. The van der Waals surface area contributed by atoms with Crippen LogP contribution in [0.1, 0.15) is 66.8 Å². The van der Waals surface area contributed by atoms with Crippen molar-refractivity contribution in [1.29, 1.82) is 0 Å². The minimum Gasteiger partial charge on any atom is -0.383 e. The van der Waals surface area contributed by atoms with Gasteiger partial charge in [0.25, 0.3) is 0 Å². The first-order valence-electron chi connectivity index (χ1n) is 12.1. The van der Waals surface area contributed by atoms with E-state index in [-0.39, 0.29) is 6.04 Å². The number of likely N-dealkylation sites (N-methyl/N-ethyl adjacent to an activating group) is 1. The summed E-state index contributed by atoms with van der Waals surface area (Å²) in [4.78, 5) is 34.6. The van der Waals surface area contributed by atoms with Gasteiger partial charge >= 0.3 is 11.8 Å². The molecule has 33 heavy (non-hydrogen) atoms. The summed E-state index contributed by atoms with van der Waals surface area (Å²) in [5, 5.41) is 2.78. The Bertz CT molecular complexity index is 1080. The molecule has 5 rings (SSSR count). The van der Waals surface area contributed by atoms with Crippen LogP contribution in [0.4, 0.5) is 11.5 Å². The number of piperidine rings is 1. The van der Waals surface area contributed by atoms with Crippen molar-refractivity contribution in [1.82, 2.24) is 14.8 Å². The first-order valence-corrected chi connectivity index (χ1v) is 12.1. The van der Waals surface area contributed by atoms with Gasteiger partial charge in [-0.15, -0.1) is 0 Å². The molecule has 1 saturated heterocycles. The molecule has 1 unspecified atom stereocenters. The molecule has 3 N–H and O–H groups in total. The van der Waals surface area contributed by atoms with Crippen LogP contribution in [0, 0.1) is 5.92 Å². The van der Waals surface area contributed by atoms with E-state index >= 15 is 0 Å². The van der Waals surface area contributed by atoms with E-state index in [0.717, 1.165) is 56.3 Å². The Morgan fingerprint density at radius 2 is 1.94 bits per heavy atom. The normalized spacial score (nSPS) is 23.2. The van der Waals surface area contributed by atoms with Gasteiger partial charge in [0.1, 0.15) is 5.82 Å². The summed E-state index contributed by atoms with van der Waals surface area (Å²) in [6.45, 7) is 4.73. The van der Waals surface area contributed by atoms with Crippen LogP contribution in [0.2, 0.25) is 0 Å². The van der Waals surface area contributed by atoms with Crippen molar-refractivity contribution in [3.05, 3.63) is 52.7 Å². The minimum atomic E-state index is -0.609. The Morgan fingerprint density at radius 3 is 2.73 bits per heavy atom. The third kappa shape index (κ3) is 4.60. The van der Waals surface area contributed by atoms with E-state index in [4.69, 9.17) is 5.73 Å². The van der Waals surface area contributed by atoms with Gasteiger partial charge in [-0.25, -0.2) is 4.98 Å². The Morgan fingerprint density at radius 1 is 1.12 bits per heavy atom. The monoisotopic (exact) mass is 447 g/mol. The number of likely N-dealkylation sites (tertiary alicyclic amines) is 1. The highest BCUT2D eigenvalue weighted by Crippen LogP contribution is 2.43. The molecule has 1 saturated carbocycles. The number of nitrogens with zero attached hydrogens (tertiary/aromatic N) is 3. The zero-order chi connectivity index (χ0) is 23.1. The van der Waals surface area contributed by atoms with E-state index in [9.17, 15) is 9.59 Å². The number of aromatic nitrogens is 1. The quantitative estimate of drug-likeness (QED) is 0.703. The average molecular weight is 448 g/mol. The van der Waals surface area contributed by atoms with Crippen LogP contribution < -0.4 is 11.1 Å². The summed E-state index contributed by atoms with van der Waals surface area (Å²) in [7, 11) is 2.14. The van der Waals surface area contributed by atoms with Crippen LogP contribution in [0.5, 0.6) is 0 Å². The summed E-state index contributed by atoms with van der Waals surface area (Å²) in [6.07, 6.45) is 6.64. The van der Waals surface area contributed by atoms with E-state index in [1.54, 1.807) is 4.90 Å². The lowest BCUT2D eigenvalue weighted by molar-refractivity contribution is -0.146. The summed E-state index contributed by atoms with van der Waals surface area (Å²) >= 11 is 0. The summed E-state index contributed by atoms with van der Waals surface area (Å²) in [6, 6.07) is 8.38. The largest absolute Gasteiger partial charge is 0.383 e. The molecular formula is C26H33N5O2. The van der Waals surface area contributed by atoms with Crippen molar-refractivity contribution in [2.75, 3.05) is 31.2 Å². The summed E-state index contributed by atoms with van der Waals surface area (Å²) in [5.41, 5.74) is 11.3. The molecule has 1 aromatic carbocycles. The van der Waals surface area contributed by atoms with Gasteiger partial charge in [-0.1, -0.05) is 25.1 Å². The maximum atomic E-state index is 13.3. The van der Waals surface area contributed by atoms with Crippen molar-refractivity contribution in [3.63, 3.8) is 0 Å². The molecule has 2 aromatic rings. The SMILES string of the molecule is C[C@H]1CCC(c2ccc3c(c2)CCN(C)C3)N(C(=O)C(=O)Nc2cnc(N)c(C3CC3)c2)C1. The Balaban J connectivity index is 1.35. The van der Waals surface area contributed by atoms with Gasteiger partial charge < -0.3 is 20.9 Å². The van der Waals surface area contributed by atoms with E-state index in [1.807, 2.05) is 6.07 Å². The zero-order valence-corrected chi connectivity index (χ0v) is 19.5. The molecule has 2 aliphatic heterocycles. The van der Waals surface area contributed by atoms with Crippen LogP contribution in [0.25, 0.3) is 0 Å². The summed E-state index contributed by atoms with van der Waals surface area (Å²) in [5.74, 6) is 0.200. The van der Waals surface area contributed by atoms with E-state index in [2.05, 4.69) is 47.4 Å². The van der Waals surface area contributed by atoms with E-state index < -0.39 is 11.8 Å². The van der Waals surface area contributed by atoms with Gasteiger partial charge in [0.15, 0.2) is 0 Å². The van der Waals surface area contributed by atoms with Crippen molar-refractivity contribution in [3.8, 4) is 0 Å². The molecule has 2 amide bonds. The predicted molar refractivity (Wildman–Crippen MR) is 129 cm³/mol. The van der Waals surface area contributed by atoms with Gasteiger partial charge in [-0.3, -0.25) is 9.59 Å². The number of amides is 2.